The first-order valence-electron chi connectivity index (χ1n) is 13.4. The van der Waals surface area contributed by atoms with E-state index in [1.807, 2.05) is 13.1 Å². The molecule has 3 amide bonds. The zero-order valence-corrected chi connectivity index (χ0v) is 22.8. The average molecular weight is 547 g/mol. The van der Waals surface area contributed by atoms with E-state index >= 15 is 0 Å². The van der Waals surface area contributed by atoms with Gasteiger partial charge in [0.1, 0.15) is 24.9 Å². The highest BCUT2D eigenvalue weighted by Crippen LogP contribution is 2.65. The number of nitrogens with zero attached hydrogens (tertiary/aromatic N) is 1. The Balaban J connectivity index is 1.18. The Labute approximate surface area is 227 Å². The molecule has 2 heterocycles. The molecule has 1 aromatic rings. The monoisotopic (exact) mass is 546 g/mol. The number of alkyl carbamates (subject to hydrolysis) is 1. The van der Waals surface area contributed by atoms with Crippen molar-refractivity contribution >= 4 is 17.9 Å². The number of amides is 3. The van der Waals surface area contributed by atoms with Gasteiger partial charge in [-0.2, -0.15) is 0 Å². The number of aliphatic hydroxyl groups is 1. The van der Waals surface area contributed by atoms with Gasteiger partial charge in [-0.15, -0.1) is 0 Å². The van der Waals surface area contributed by atoms with Gasteiger partial charge in [-0.25, -0.2) is 4.79 Å². The van der Waals surface area contributed by atoms with Crippen molar-refractivity contribution in [3.05, 3.63) is 23.3 Å². The van der Waals surface area contributed by atoms with Crippen LogP contribution in [0.25, 0.3) is 0 Å². The highest BCUT2D eigenvalue weighted by Gasteiger charge is 2.72. The Morgan fingerprint density at radius 1 is 1.15 bits per heavy atom. The molecule has 5 N–H and O–H groups in total. The van der Waals surface area contributed by atoms with E-state index < -0.39 is 46.7 Å². The van der Waals surface area contributed by atoms with Crippen molar-refractivity contribution in [2.75, 3.05) is 33.5 Å². The summed E-state index contributed by atoms with van der Waals surface area (Å²) in [6.45, 7) is 5.11. The van der Waals surface area contributed by atoms with E-state index in [1.54, 1.807) is 26.8 Å². The van der Waals surface area contributed by atoms with Crippen molar-refractivity contribution in [2.45, 2.75) is 81.3 Å². The van der Waals surface area contributed by atoms with Gasteiger partial charge in [0.25, 0.3) is 0 Å². The Kier molecular flexibility index (Phi) is 6.92. The molecule has 0 aromatic heterocycles. The first kappa shape index (κ1) is 27.5. The summed E-state index contributed by atoms with van der Waals surface area (Å²) in [5.74, 6) is -0.464. The third kappa shape index (κ3) is 4.68. The number of carbonyl (C=O) groups is 3. The molecule has 0 radical (unpaired) electrons. The molecule has 4 aliphatic rings. The van der Waals surface area contributed by atoms with Crippen LogP contribution in [-0.4, -0.2) is 95.9 Å². The molecule has 1 unspecified atom stereocenters. The molecule has 2 bridgehead atoms. The van der Waals surface area contributed by atoms with Crippen LogP contribution in [0.5, 0.6) is 11.5 Å². The number of nitrogens with one attached hydrogen (secondary N) is 3. The summed E-state index contributed by atoms with van der Waals surface area (Å²) in [5.41, 5.74) is -0.480. The Morgan fingerprint density at radius 2 is 1.90 bits per heavy atom. The van der Waals surface area contributed by atoms with Crippen molar-refractivity contribution < 1.29 is 38.8 Å². The molecule has 2 aliphatic heterocycles. The number of phenols is 1. The van der Waals surface area contributed by atoms with Gasteiger partial charge in [0.05, 0.1) is 23.7 Å². The zero-order valence-electron chi connectivity index (χ0n) is 22.8. The number of hydrogen-bond donors (Lipinski definition) is 5. The molecule has 1 spiro atoms. The van der Waals surface area contributed by atoms with E-state index in [2.05, 4.69) is 20.9 Å². The summed E-state index contributed by atoms with van der Waals surface area (Å²) in [4.78, 5) is 38.7. The maximum atomic E-state index is 12.8. The van der Waals surface area contributed by atoms with E-state index in [4.69, 9.17) is 14.2 Å². The van der Waals surface area contributed by atoms with Gasteiger partial charge >= 0.3 is 6.09 Å². The van der Waals surface area contributed by atoms with Crippen LogP contribution < -0.4 is 20.7 Å². The van der Waals surface area contributed by atoms with E-state index in [0.29, 0.717) is 31.4 Å². The lowest BCUT2D eigenvalue weighted by Gasteiger charge is -2.63. The van der Waals surface area contributed by atoms with Crippen LogP contribution in [0.2, 0.25) is 0 Å². The van der Waals surface area contributed by atoms with Gasteiger partial charge in [0.15, 0.2) is 11.5 Å². The maximum Gasteiger partial charge on any atom is 0.409 e. The predicted molar refractivity (Wildman–Crippen MR) is 138 cm³/mol. The number of carbonyl (C=O) groups excluding carboxylic acids is 3. The molecule has 1 aromatic carbocycles. The van der Waals surface area contributed by atoms with Crippen LogP contribution >= 0.6 is 0 Å². The molecule has 39 heavy (non-hydrogen) atoms. The third-order valence-corrected chi connectivity index (χ3v) is 8.46. The highest BCUT2D eigenvalue weighted by atomic mass is 16.6. The quantitative estimate of drug-likeness (QED) is 0.303. The smallest absolute Gasteiger partial charge is 0.409 e. The first-order valence-corrected chi connectivity index (χ1v) is 13.4. The zero-order chi connectivity index (χ0) is 28.2. The Morgan fingerprint density at radius 3 is 2.64 bits per heavy atom. The number of ether oxygens (including phenoxy) is 3. The summed E-state index contributed by atoms with van der Waals surface area (Å²) in [7, 11) is 2.03. The SMILES string of the molecule is CN1CC[C@]23c4c5ccc(O)c4O[C@H]2[C@@H](NC(=O)COCC(=O)NCNC(=O)OC(C)(C)C)CC[C@@]3(O)C1C5. The molecule has 214 valence electrons. The minimum absolute atomic E-state index is 0.0397. The molecule has 2 aliphatic carbocycles. The fourth-order valence-corrected chi connectivity index (χ4v) is 6.97. The predicted octanol–water partition coefficient (Wildman–Crippen LogP) is 0.276. The highest BCUT2D eigenvalue weighted by molar-refractivity contribution is 5.80. The summed E-state index contributed by atoms with van der Waals surface area (Å²) in [6.07, 6.45) is 1.10. The summed E-state index contributed by atoms with van der Waals surface area (Å²) in [5, 5.41) is 30.7. The number of benzene rings is 1. The van der Waals surface area contributed by atoms with Crippen LogP contribution in [0.4, 0.5) is 4.79 Å². The molecule has 12 heteroatoms. The minimum Gasteiger partial charge on any atom is -0.504 e. The molecule has 1 saturated carbocycles. The van der Waals surface area contributed by atoms with E-state index in [1.165, 1.54) is 0 Å². The molecule has 1 saturated heterocycles. The van der Waals surface area contributed by atoms with Gasteiger partial charge in [0, 0.05) is 11.6 Å². The molecular weight excluding hydrogens is 508 g/mol. The summed E-state index contributed by atoms with van der Waals surface area (Å²) in [6, 6.07) is 3.06. The normalized spacial score (nSPS) is 30.5. The number of phenolic OH excluding ortho intramolecular Hbond substituents is 1. The van der Waals surface area contributed by atoms with Crippen LogP contribution in [0.3, 0.4) is 0 Å². The van der Waals surface area contributed by atoms with Gasteiger partial charge in [0.2, 0.25) is 11.8 Å². The second-order valence-electron chi connectivity index (χ2n) is 12.0. The lowest BCUT2D eigenvalue weighted by atomic mass is 9.48. The van der Waals surface area contributed by atoms with E-state index in [-0.39, 0.29) is 31.7 Å². The van der Waals surface area contributed by atoms with Crippen LogP contribution in [0.1, 0.15) is 51.2 Å². The number of likely N-dealkylation sites (tertiary alicyclic amines) is 1. The largest absolute Gasteiger partial charge is 0.504 e. The molecule has 5 atom stereocenters. The summed E-state index contributed by atoms with van der Waals surface area (Å²) >= 11 is 0. The Bertz CT molecular complexity index is 1170. The average Bonchev–Trinajstić information content (AvgIpc) is 3.20. The Hall–Kier alpha value is -3.09. The van der Waals surface area contributed by atoms with Crippen LogP contribution in [-0.2, 0) is 30.9 Å². The fourth-order valence-electron chi connectivity index (χ4n) is 6.97. The standard InChI is InChI=1S/C27H38N4O8/c1-25(2,3)39-24(35)29-14-28-19(33)12-37-13-20(34)30-16-7-8-27(36)18-11-15-5-6-17(32)22-21(15)26(27,23(16)38-22)9-10-31(18)4/h5-6,16,18,23,32,36H,7-14H2,1-4H3,(H,28,33)(H,29,35)(H,30,34)/t16-,18?,23-,26-,27+/m0/s1. The van der Waals surface area contributed by atoms with Crippen molar-refractivity contribution in [3.63, 3.8) is 0 Å². The molecule has 2 fully saturated rings. The third-order valence-electron chi connectivity index (χ3n) is 8.46. The van der Waals surface area contributed by atoms with E-state index in [9.17, 15) is 24.6 Å². The summed E-state index contributed by atoms with van der Waals surface area (Å²) < 4.78 is 16.7. The molecule has 12 nitrogen and oxygen atoms in total. The van der Waals surface area contributed by atoms with Crippen LogP contribution in [0, 0.1) is 0 Å². The van der Waals surface area contributed by atoms with Gasteiger partial charge < -0.3 is 45.3 Å². The fraction of sp³-hybridized carbons (Fsp3) is 0.667. The topological polar surface area (TPSA) is 159 Å². The number of aromatic hydroxyl groups is 1. The lowest BCUT2D eigenvalue weighted by Crippen LogP contribution is -2.77. The van der Waals surface area contributed by atoms with Crippen molar-refractivity contribution in [1.29, 1.82) is 0 Å². The van der Waals surface area contributed by atoms with Gasteiger partial charge in [-0.05, 0) is 71.7 Å². The number of hydrogen-bond acceptors (Lipinski definition) is 9. The molecular formula is C27H38N4O8. The number of likely N-dealkylation sites (N-methyl/N-ethyl adjacent to an activating group) is 1. The first-order chi connectivity index (χ1) is 18.4. The van der Waals surface area contributed by atoms with Crippen molar-refractivity contribution in [3.8, 4) is 11.5 Å². The number of rotatable bonds is 7. The van der Waals surface area contributed by atoms with Crippen LogP contribution in [0.15, 0.2) is 12.1 Å². The van der Waals surface area contributed by atoms with Gasteiger partial charge in [-0.1, -0.05) is 6.07 Å². The van der Waals surface area contributed by atoms with Gasteiger partial charge in [-0.3, -0.25) is 9.59 Å². The second-order valence-corrected chi connectivity index (χ2v) is 12.0. The maximum absolute atomic E-state index is 12.8. The van der Waals surface area contributed by atoms with E-state index in [0.717, 1.165) is 17.7 Å². The molecule has 5 rings (SSSR count). The second kappa shape index (κ2) is 9.83. The van der Waals surface area contributed by atoms with Crippen molar-refractivity contribution in [2.24, 2.45) is 0 Å². The lowest BCUT2D eigenvalue weighted by molar-refractivity contribution is -0.187. The van der Waals surface area contributed by atoms with Crippen molar-refractivity contribution in [1.82, 2.24) is 20.9 Å². The minimum atomic E-state index is -1.04. The number of piperidine rings is 1.